The summed E-state index contributed by atoms with van der Waals surface area (Å²) < 4.78 is 32.6. The van der Waals surface area contributed by atoms with E-state index in [0.717, 1.165) is 11.1 Å². The van der Waals surface area contributed by atoms with Crippen LogP contribution >= 0.6 is 0 Å². The average Bonchev–Trinajstić information content (AvgIpc) is 2.68. The molecule has 152 valence electrons. The molecule has 2 aromatic carbocycles. The summed E-state index contributed by atoms with van der Waals surface area (Å²) in [6.45, 7) is 7.73. The van der Waals surface area contributed by atoms with Gasteiger partial charge in [-0.1, -0.05) is 37.3 Å². The Hall–Kier alpha value is -2.38. The average molecular weight is 405 g/mol. The largest absolute Gasteiger partial charge is 0.494 e. The van der Waals surface area contributed by atoms with Crippen molar-refractivity contribution in [3.05, 3.63) is 59.7 Å². The molecule has 2 aromatic rings. The standard InChI is InChI=1S/C21H28N2O4S/c1-5-23(15-21(24)22-17(4)18-10-8-7-9-11-18)28(25,26)19-12-13-20(27-6-2)16(3)14-19/h7-14,17H,5-6,15H2,1-4H3,(H,22,24)/t17-/m1/s1. The minimum atomic E-state index is -3.78. The van der Waals surface area contributed by atoms with E-state index in [1.165, 1.54) is 10.4 Å². The Balaban J connectivity index is 2.12. The SMILES string of the molecule is CCOc1ccc(S(=O)(=O)N(CC)CC(=O)N[C@H](C)c2ccccc2)cc1C. The third-order valence-corrected chi connectivity index (χ3v) is 6.35. The maximum absolute atomic E-state index is 13.0. The van der Waals surface area contributed by atoms with Crippen molar-refractivity contribution in [2.24, 2.45) is 0 Å². The molecular formula is C21H28N2O4S. The number of hydrogen-bond acceptors (Lipinski definition) is 4. The predicted octanol–water partition coefficient (Wildman–Crippen LogP) is 3.28. The summed E-state index contributed by atoms with van der Waals surface area (Å²) in [7, 11) is -3.78. The zero-order chi connectivity index (χ0) is 20.7. The Morgan fingerprint density at radius 3 is 2.39 bits per heavy atom. The number of rotatable bonds is 9. The number of hydrogen-bond donors (Lipinski definition) is 1. The normalized spacial score (nSPS) is 12.6. The fraction of sp³-hybridized carbons (Fsp3) is 0.381. The molecule has 6 nitrogen and oxygen atoms in total. The zero-order valence-electron chi connectivity index (χ0n) is 16.8. The zero-order valence-corrected chi connectivity index (χ0v) is 17.6. The topological polar surface area (TPSA) is 75.7 Å². The number of nitrogens with zero attached hydrogens (tertiary/aromatic N) is 1. The van der Waals surface area contributed by atoms with Gasteiger partial charge in [0.2, 0.25) is 15.9 Å². The molecule has 0 fully saturated rings. The number of carbonyl (C=O) groups is 1. The lowest BCUT2D eigenvalue weighted by Gasteiger charge is -2.22. The smallest absolute Gasteiger partial charge is 0.243 e. The Morgan fingerprint density at radius 1 is 1.14 bits per heavy atom. The molecule has 0 aliphatic heterocycles. The van der Waals surface area contributed by atoms with Gasteiger partial charge in [0.25, 0.3) is 0 Å². The number of nitrogens with one attached hydrogen (secondary N) is 1. The first kappa shape index (κ1) is 21.9. The molecule has 7 heteroatoms. The summed E-state index contributed by atoms with van der Waals surface area (Å²) in [5.41, 5.74) is 1.70. The number of likely N-dealkylation sites (N-methyl/N-ethyl adjacent to an activating group) is 1. The van der Waals surface area contributed by atoms with Crippen LogP contribution in [0.1, 0.15) is 37.9 Å². The van der Waals surface area contributed by atoms with Crippen LogP contribution in [0.5, 0.6) is 5.75 Å². The van der Waals surface area contributed by atoms with Gasteiger partial charge in [0.15, 0.2) is 0 Å². The predicted molar refractivity (Wildman–Crippen MR) is 110 cm³/mol. The molecule has 0 heterocycles. The van der Waals surface area contributed by atoms with Gasteiger partial charge >= 0.3 is 0 Å². The lowest BCUT2D eigenvalue weighted by Crippen LogP contribution is -2.41. The van der Waals surface area contributed by atoms with Crippen molar-refractivity contribution in [3.63, 3.8) is 0 Å². The minimum Gasteiger partial charge on any atom is -0.494 e. The van der Waals surface area contributed by atoms with Crippen LogP contribution in [0.3, 0.4) is 0 Å². The van der Waals surface area contributed by atoms with E-state index in [2.05, 4.69) is 5.32 Å². The number of ether oxygens (including phenoxy) is 1. The summed E-state index contributed by atoms with van der Waals surface area (Å²) in [6.07, 6.45) is 0. The van der Waals surface area contributed by atoms with Gasteiger partial charge in [-0.05, 0) is 50.1 Å². The van der Waals surface area contributed by atoms with Gasteiger partial charge in [-0.15, -0.1) is 0 Å². The summed E-state index contributed by atoms with van der Waals surface area (Å²) in [4.78, 5) is 12.6. The fourth-order valence-electron chi connectivity index (χ4n) is 2.89. The maximum atomic E-state index is 13.0. The monoisotopic (exact) mass is 404 g/mol. The molecular weight excluding hydrogens is 376 g/mol. The summed E-state index contributed by atoms with van der Waals surface area (Å²) in [5.74, 6) is 0.309. The second kappa shape index (κ2) is 9.71. The Morgan fingerprint density at radius 2 is 1.82 bits per heavy atom. The molecule has 0 spiro atoms. The van der Waals surface area contributed by atoms with E-state index in [1.807, 2.05) is 44.2 Å². The van der Waals surface area contributed by atoms with Crippen LogP contribution in [-0.4, -0.2) is 38.3 Å². The fourth-order valence-corrected chi connectivity index (χ4v) is 4.38. The van der Waals surface area contributed by atoms with Crippen molar-refractivity contribution in [2.45, 2.75) is 38.6 Å². The van der Waals surface area contributed by atoms with Crippen LogP contribution in [-0.2, 0) is 14.8 Å². The van der Waals surface area contributed by atoms with E-state index < -0.39 is 10.0 Å². The first-order chi connectivity index (χ1) is 13.3. The van der Waals surface area contributed by atoms with Gasteiger partial charge in [0, 0.05) is 6.54 Å². The molecule has 1 amide bonds. The van der Waals surface area contributed by atoms with Gasteiger partial charge in [0.1, 0.15) is 5.75 Å². The number of aryl methyl sites for hydroxylation is 1. The molecule has 1 N–H and O–H groups in total. The van der Waals surface area contributed by atoms with Crippen LogP contribution in [0.15, 0.2) is 53.4 Å². The molecule has 0 aliphatic carbocycles. The number of carbonyl (C=O) groups excluding carboxylic acids is 1. The number of benzene rings is 2. The van der Waals surface area contributed by atoms with Gasteiger partial charge in [-0.25, -0.2) is 8.42 Å². The Kier molecular flexibility index (Phi) is 7.60. The summed E-state index contributed by atoms with van der Waals surface area (Å²) >= 11 is 0. The lowest BCUT2D eigenvalue weighted by molar-refractivity contribution is -0.121. The van der Waals surface area contributed by atoms with E-state index in [-0.39, 0.29) is 29.9 Å². The Labute approximate surface area is 167 Å². The molecule has 1 atom stereocenters. The number of sulfonamides is 1. The van der Waals surface area contributed by atoms with Crippen molar-refractivity contribution in [3.8, 4) is 5.75 Å². The highest BCUT2D eigenvalue weighted by molar-refractivity contribution is 7.89. The second-order valence-corrected chi connectivity index (χ2v) is 8.43. The van der Waals surface area contributed by atoms with Crippen LogP contribution in [0.4, 0.5) is 0 Å². The molecule has 0 saturated heterocycles. The van der Waals surface area contributed by atoms with Crippen LogP contribution in [0.2, 0.25) is 0 Å². The molecule has 0 unspecified atom stereocenters. The highest BCUT2D eigenvalue weighted by atomic mass is 32.2. The maximum Gasteiger partial charge on any atom is 0.243 e. The van der Waals surface area contributed by atoms with Gasteiger partial charge in [-0.2, -0.15) is 4.31 Å². The van der Waals surface area contributed by atoms with Gasteiger partial charge < -0.3 is 10.1 Å². The molecule has 0 bridgehead atoms. The van der Waals surface area contributed by atoms with Crippen molar-refractivity contribution < 1.29 is 17.9 Å². The molecule has 28 heavy (non-hydrogen) atoms. The van der Waals surface area contributed by atoms with Gasteiger partial charge in [0.05, 0.1) is 24.1 Å². The van der Waals surface area contributed by atoms with E-state index >= 15 is 0 Å². The highest BCUT2D eigenvalue weighted by Gasteiger charge is 2.26. The summed E-state index contributed by atoms with van der Waals surface area (Å²) in [5, 5.41) is 2.86. The quantitative estimate of drug-likeness (QED) is 0.696. The van der Waals surface area contributed by atoms with Crippen LogP contribution in [0.25, 0.3) is 0 Å². The van der Waals surface area contributed by atoms with Crippen molar-refractivity contribution in [2.75, 3.05) is 19.7 Å². The first-order valence-corrected chi connectivity index (χ1v) is 10.8. The van der Waals surface area contributed by atoms with Crippen molar-refractivity contribution >= 4 is 15.9 Å². The number of amides is 1. The lowest BCUT2D eigenvalue weighted by atomic mass is 10.1. The van der Waals surface area contributed by atoms with Crippen molar-refractivity contribution in [1.29, 1.82) is 0 Å². The second-order valence-electron chi connectivity index (χ2n) is 6.49. The molecule has 0 aromatic heterocycles. The van der Waals surface area contributed by atoms with E-state index in [9.17, 15) is 13.2 Å². The Bertz CT molecular complexity index is 898. The molecule has 2 rings (SSSR count). The van der Waals surface area contributed by atoms with Crippen LogP contribution < -0.4 is 10.1 Å². The first-order valence-electron chi connectivity index (χ1n) is 9.37. The minimum absolute atomic E-state index is 0.152. The van der Waals surface area contributed by atoms with E-state index in [1.54, 1.807) is 26.0 Å². The molecule has 0 aliphatic rings. The van der Waals surface area contributed by atoms with Crippen LogP contribution in [0, 0.1) is 6.92 Å². The van der Waals surface area contributed by atoms with Crippen molar-refractivity contribution in [1.82, 2.24) is 9.62 Å². The van der Waals surface area contributed by atoms with E-state index in [0.29, 0.717) is 12.4 Å². The third kappa shape index (κ3) is 5.33. The van der Waals surface area contributed by atoms with Gasteiger partial charge in [-0.3, -0.25) is 4.79 Å². The third-order valence-electron chi connectivity index (χ3n) is 4.43. The molecule has 0 saturated carbocycles. The molecule has 0 radical (unpaired) electrons. The highest BCUT2D eigenvalue weighted by Crippen LogP contribution is 2.24. The van der Waals surface area contributed by atoms with E-state index in [4.69, 9.17) is 4.74 Å². The summed E-state index contributed by atoms with van der Waals surface area (Å²) in [6, 6.07) is 14.1.